The summed E-state index contributed by atoms with van der Waals surface area (Å²) in [7, 11) is 0. The molecule has 1 aliphatic carbocycles. The van der Waals surface area contributed by atoms with E-state index in [0.717, 1.165) is 45.9 Å². The molecule has 4 aromatic carbocycles. The summed E-state index contributed by atoms with van der Waals surface area (Å²) >= 11 is 0. The van der Waals surface area contributed by atoms with E-state index < -0.39 is 23.8 Å². The van der Waals surface area contributed by atoms with Crippen molar-refractivity contribution in [3.8, 4) is 0 Å². The van der Waals surface area contributed by atoms with Crippen molar-refractivity contribution in [3.63, 3.8) is 0 Å². The van der Waals surface area contributed by atoms with Gasteiger partial charge in [-0.1, -0.05) is 84.4 Å². The Morgan fingerprint density at radius 1 is 0.864 bits per heavy atom. The molecular formula is C37H41N3O4. The summed E-state index contributed by atoms with van der Waals surface area (Å²) in [6, 6.07) is 27.3. The maximum absolute atomic E-state index is 14.6. The van der Waals surface area contributed by atoms with Crippen LogP contribution in [0.5, 0.6) is 0 Å². The van der Waals surface area contributed by atoms with E-state index in [-0.39, 0.29) is 24.3 Å². The zero-order valence-corrected chi connectivity index (χ0v) is 26.1. The molecule has 4 aromatic rings. The summed E-state index contributed by atoms with van der Waals surface area (Å²) in [6.07, 6.45) is 1.14. The minimum Gasteiger partial charge on any atom is -0.444 e. The lowest BCUT2D eigenvalue weighted by Gasteiger charge is -2.35. The molecule has 0 aromatic heterocycles. The standard InChI is InChI=1S/C37H41N3O4/c1-24-15-16-25(2)31(21-24)33(34(41)38-29-18-17-27-13-9-10-14-28(27)23-29)40(30-19-20-30)35(42)32(22-26-11-7-6-8-12-26)39-36(43)44-37(3,4)5/h6-18,21,23,30,32-33H,19-20,22H2,1-5H3,(H,38,41)(H,39,43). The third kappa shape index (κ3) is 7.64. The van der Waals surface area contributed by atoms with Crippen molar-refractivity contribution in [2.45, 2.75) is 77.6 Å². The second-order valence-electron chi connectivity index (χ2n) is 12.7. The van der Waals surface area contributed by atoms with Crippen LogP contribution in [0.4, 0.5) is 10.5 Å². The van der Waals surface area contributed by atoms with Crippen LogP contribution in [0.1, 0.15) is 61.9 Å². The first-order valence-corrected chi connectivity index (χ1v) is 15.2. The molecule has 0 radical (unpaired) electrons. The monoisotopic (exact) mass is 591 g/mol. The number of amides is 3. The predicted molar refractivity (Wildman–Crippen MR) is 174 cm³/mol. The van der Waals surface area contributed by atoms with Crippen LogP contribution in [0.3, 0.4) is 0 Å². The summed E-state index contributed by atoms with van der Waals surface area (Å²) in [5, 5.41) is 8.04. The molecule has 0 heterocycles. The van der Waals surface area contributed by atoms with Crippen LogP contribution in [0.15, 0.2) is 91.0 Å². The molecule has 7 nitrogen and oxygen atoms in total. The lowest BCUT2D eigenvalue weighted by molar-refractivity contribution is -0.141. The fourth-order valence-corrected chi connectivity index (χ4v) is 5.50. The Labute approximate surface area is 259 Å². The van der Waals surface area contributed by atoms with Gasteiger partial charge in [-0.3, -0.25) is 9.59 Å². The summed E-state index contributed by atoms with van der Waals surface area (Å²) < 4.78 is 5.55. The number of nitrogens with one attached hydrogen (secondary N) is 2. The van der Waals surface area contributed by atoms with E-state index in [2.05, 4.69) is 10.6 Å². The molecule has 0 spiro atoms. The van der Waals surface area contributed by atoms with Gasteiger partial charge < -0.3 is 20.3 Å². The third-order valence-electron chi connectivity index (χ3n) is 7.74. The second kappa shape index (κ2) is 12.9. The highest BCUT2D eigenvalue weighted by molar-refractivity contribution is 6.01. The van der Waals surface area contributed by atoms with E-state index in [1.54, 1.807) is 25.7 Å². The van der Waals surface area contributed by atoms with Crippen molar-refractivity contribution in [2.75, 3.05) is 5.32 Å². The number of anilines is 1. The molecular weight excluding hydrogens is 550 g/mol. The van der Waals surface area contributed by atoms with E-state index in [1.165, 1.54) is 0 Å². The first-order valence-electron chi connectivity index (χ1n) is 15.2. The first-order chi connectivity index (χ1) is 21.0. The van der Waals surface area contributed by atoms with Crippen molar-refractivity contribution in [2.24, 2.45) is 0 Å². The number of hydrogen-bond donors (Lipinski definition) is 2. The highest BCUT2D eigenvalue weighted by Crippen LogP contribution is 2.38. The van der Waals surface area contributed by atoms with Gasteiger partial charge in [-0.25, -0.2) is 4.79 Å². The average molecular weight is 592 g/mol. The maximum atomic E-state index is 14.6. The van der Waals surface area contributed by atoms with E-state index in [0.29, 0.717) is 5.69 Å². The number of nitrogens with zero attached hydrogens (tertiary/aromatic N) is 1. The smallest absolute Gasteiger partial charge is 0.408 e. The topological polar surface area (TPSA) is 87.7 Å². The number of carbonyl (C=O) groups is 3. The Morgan fingerprint density at radius 3 is 2.23 bits per heavy atom. The first kappa shape index (κ1) is 30.8. The van der Waals surface area contributed by atoms with Crippen molar-refractivity contribution < 1.29 is 19.1 Å². The zero-order valence-electron chi connectivity index (χ0n) is 26.1. The number of aryl methyl sites for hydroxylation is 2. The van der Waals surface area contributed by atoms with Gasteiger partial charge in [0, 0.05) is 18.2 Å². The molecule has 7 heteroatoms. The van der Waals surface area contributed by atoms with Crippen molar-refractivity contribution in [3.05, 3.63) is 113 Å². The van der Waals surface area contributed by atoms with Crippen LogP contribution in [-0.4, -0.2) is 40.5 Å². The van der Waals surface area contributed by atoms with Crippen LogP contribution < -0.4 is 10.6 Å². The molecule has 5 rings (SSSR count). The molecule has 1 aliphatic rings. The second-order valence-corrected chi connectivity index (χ2v) is 12.7. The molecule has 1 fully saturated rings. The molecule has 0 saturated heterocycles. The molecule has 2 atom stereocenters. The molecule has 1 saturated carbocycles. The highest BCUT2D eigenvalue weighted by Gasteiger charge is 2.44. The largest absolute Gasteiger partial charge is 0.444 e. The average Bonchev–Trinajstić information content (AvgIpc) is 3.81. The lowest BCUT2D eigenvalue weighted by Crippen LogP contribution is -2.54. The van der Waals surface area contributed by atoms with Gasteiger partial charge in [-0.15, -0.1) is 0 Å². The number of ether oxygens (including phenoxy) is 1. The fraction of sp³-hybridized carbons (Fsp3) is 0.324. The van der Waals surface area contributed by atoms with Gasteiger partial charge in [0.05, 0.1) is 0 Å². The Bertz CT molecular complexity index is 1660. The van der Waals surface area contributed by atoms with Gasteiger partial charge in [0.2, 0.25) is 5.91 Å². The number of hydrogen-bond acceptors (Lipinski definition) is 4. The Balaban J connectivity index is 1.53. The number of carbonyl (C=O) groups excluding carboxylic acids is 3. The summed E-state index contributed by atoms with van der Waals surface area (Å²) in [6.45, 7) is 9.29. The summed E-state index contributed by atoms with van der Waals surface area (Å²) in [5.41, 5.74) is 3.47. The van der Waals surface area contributed by atoms with Gasteiger partial charge in [0.15, 0.2) is 0 Å². The van der Waals surface area contributed by atoms with Gasteiger partial charge >= 0.3 is 6.09 Å². The van der Waals surface area contributed by atoms with Crippen molar-refractivity contribution in [1.82, 2.24) is 10.2 Å². The molecule has 2 N–H and O–H groups in total. The van der Waals surface area contributed by atoms with Crippen LogP contribution in [-0.2, 0) is 20.7 Å². The number of alkyl carbamates (subject to hydrolysis) is 1. The molecule has 44 heavy (non-hydrogen) atoms. The Hall–Kier alpha value is -4.65. The third-order valence-corrected chi connectivity index (χ3v) is 7.74. The van der Waals surface area contributed by atoms with Gasteiger partial charge in [-0.05, 0) is 87.1 Å². The predicted octanol–water partition coefficient (Wildman–Crippen LogP) is 7.26. The van der Waals surface area contributed by atoms with E-state index in [4.69, 9.17) is 4.74 Å². The molecule has 228 valence electrons. The summed E-state index contributed by atoms with van der Waals surface area (Å²) in [5.74, 6) is -0.619. The number of benzene rings is 4. The van der Waals surface area contributed by atoms with Crippen LogP contribution >= 0.6 is 0 Å². The Kier molecular flexibility index (Phi) is 9.04. The van der Waals surface area contributed by atoms with Gasteiger partial charge in [-0.2, -0.15) is 0 Å². The SMILES string of the molecule is Cc1ccc(C)c(C(C(=O)Nc2ccc3ccccc3c2)N(C(=O)C(Cc2ccccc2)NC(=O)OC(C)(C)C)C2CC2)c1. The van der Waals surface area contributed by atoms with Crippen molar-refractivity contribution >= 4 is 34.4 Å². The number of fused-ring (bicyclic) bond motifs is 1. The molecule has 3 amide bonds. The summed E-state index contributed by atoms with van der Waals surface area (Å²) in [4.78, 5) is 43.7. The van der Waals surface area contributed by atoms with Crippen LogP contribution in [0.25, 0.3) is 10.8 Å². The molecule has 2 unspecified atom stereocenters. The van der Waals surface area contributed by atoms with Crippen LogP contribution in [0, 0.1) is 13.8 Å². The molecule has 0 bridgehead atoms. The maximum Gasteiger partial charge on any atom is 0.408 e. The van der Waals surface area contributed by atoms with E-state index in [1.807, 2.05) is 105 Å². The minimum absolute atomic E-state index is 0.131. The lowest BCUT2D eigenvalue weighted by atomic mass is 9.95. The molecule has 0 aliphatic heterocycles. The van der Waals surface area contributed by atoms with Crippen molar-refractivity contribution in [1.29, 1.82) is 0 Å². The van der Waals surface area contributed by atoms with Crippen LogP contribution in [0.2, 0.25) is 0 Å². The van der Waals surface area contributed by atoms with E-state index >= 15 is 0 Å². The van der Waals surface area contributed by atoms with Gasteiger partial charge in [0.25, 0.3) is 5.91 Å². The van der Waals surface area contributed by atoms with E-state index in [9.17, 15) is 14.4 Å². The fourth-order valence-electron chi connectivity index (χ4n) is 5.50. The Morgan fingerprint density at radius 2 is 1.55 bits per heavy atom. The minimum atomic E-state index is -0.936. The zero-order chi connectivity index (χ0) is 31.4. The highest BCUT2D eigenvalue weighted by atomic mass is 16.6. The quantitative estimate of drug-likeness (QED) is 0.214. The normalized spacial score (nSPS) is 14.4. The van der Waals surface area contributed by atoms with Gasteiger partial charge in [0.1, 0.15) is 17.7 Å². The number of rotatable bonds is 9.